The minimum absolute atomic E-state index is 0.00742. The molecule has 0 aromatic carbocycles. The molecule has 1 unspecified atom stereocenters. The average Bonchev–Trinajstić information content (AvgIpc) is 3.14. The number of ether oxygens (including phenoxy) is 2. The van der Waals surface area contributed by atoms with Gasteiger partial charge in [0.05, 0.1) is 50.0 Å². The second-order valence-electron chi connectivity index (χ2n) is 8.34. The van der Waals surface area contributed by atoms with E-state index < -0.39 is 42.9 Å². The molecule has 1 saturated heterocycles. The summed E-state index contributed by atoms with van der Waals surface area (Å²) in [4.78, 5) is 41.4. The fraction of sp³-hybridized carbons (Fsp3) is 0.700. The maximum Gasteiger partial charge on any atom is 0.332 e. The van der Waals surface area contributed by atoms with Gasteiger partial charge in [-0.25, -0.2) is 4.98 Å². The Morgan fingerprint density at radius 3 is 2.75 bits per heavy atom. The first-order valence-electron chi connectivity index (χ1n) is 10.3. The summed E-state index contributed by atoms with van der Waals surface area (Å²) in [6, 6.07) is 0. The Morgan fingerprint density at radius 1 is 1.41 bits per heavy atom. The molecule has 2 heterocycles. The van der Waals surface area contributed by atoms with Gasteiger partial charge >= 0.3 is 19.5 Å². The van der Waals surface area contributed by atoms with Crippen molar-refractivity contribution in [2.45, 2.75) is 46.6 Å². The van der Waals surface area contributed by atoms with E-state index in [4.69, 9.17) is 13.8 Å². The van der Waals surface area contributed by atoms with Crippen molar-refractivity contribution in [3.05, 3.63) is 16.1 Å². The summed E-state index contributed by atoms with van der Waals surface area (Å²) < 4.78 is 34.1. The van der Waals surface area contributed by atoms with E-state index in [0.29, 0.717) is 6.42 Å². The van der Waals surface area contributed by atoms with Gasteiger partial charge in [-0.1, -0.05) is 20.8 Å². The molecule has 0 aliphatic carbocycles. The van der Waals surface area contributed by atoms with Gasteiger partial charge in [-0.2, -0.15) is 0 Å². The molecule has 1 aromatic rings. The van der Waals surface area contributed by atoms with Crippen molar-refractivity contribution in [1.29, 1.82) is 0 Å². The number of esters is 2. The SMILES string of the molecule is COC(=O)CCNC(=O)[C@@H]1OP(=O)(C[C@H](C)C(=O)OCCc2scnc2C)OCC1(C)C. The summed E-state index contributed by atoms with van der Waals surface area (Å²) in [6.07, 6.45) is -0.694. The van der Waals surface area contributed by atoms with E-state index in [1.165, 1.54) is 18.4 Å². The molecule has 1 aliphatic rings. The lowest BCUT2D eigenvalue weighted by atomic mass is 9.87. The maximum absolute atomic E-state index is 13.2. The minimum atomic E-state index is -3.72. The molecule has 1 aromatic heterocycles. The molecule has 3 atom stereocenters. The van der Waals surface area contributed by atoms with E-state index in [0.717, 1.165) is 10.6 Å². The quantitative estimate of drug-likeness (QED) is 0.388. The summed E-state index contributed by atoms with van der Waals surface area (Å²) in [5.41, 5.74) is 1.90. The number of nitrogens with zero attached hydrogens (tertiary/aromatic N) is 1. The summed E-state index contributed by atoms with van der Waals surface area (Å²) in [5, 5.41) is 2.60. The number of thiazole rings is 1. The predicted molar refractivity (Wildman–Crippen MR) is 117 cm³/mol. The molecule has 0 spiro atoms. The fourth-order valence-corrected chi connectivity index (χ4v) is 6.08. The van der Waals surface area contributed by atoms with E-state index in [1.54, 1.807) is 26.3 Å². The van der Waals surface area contributed by atoms with Crippen LogP contribution in [0.2, 0.25) is 0 Å². The van der Waals surface area contributed by atoms with Crippen LogP contribution in [0.25, 0.3) is 0 Å². The molecule has 0 radical (unpaired) electrons. The van der Waals surface area contributed by atoms with Crippen LogP contribution in [0.15, 0.2) is 5.51 Å². The number of carbonyl (C=O) groups excluding carboxylic acids is 3. The van der Waals surface area contributed by atoms with Crippen molar-refractivity contribution in [1.82, 2.24) is 10.3 Å². The van der Waals surface area contributed by atoms with E-state index in [1.807, 2.05) is 6.92 Å². The summed E-state index contributed by atoms with van der Waals surface area (Å²) >= 11 is 1.50. The van der Waals surface area contributed by atoms with Crippen molar-refractivity contribution in [3.63, 3.8) is 0 Å². The summed E-state index contributed by atoms with van der Waals surface area (Å²) in [5.74, 6) is -2.22. The van der Waals surface area contributed by atoms with Gasteiger partial charge in [-0.3, -0.25) is 23.5 Å². The third kappa shape index (κ3) is 7.37. The van der Waals surface area contributed by atoms with Crippen LogP contribution in [0.5, 0.6) is 0 Å². The molecule has 1 amide bonds. The number of aryl methyl sites for hydroxylation is 1. The largest absolute Gasteiger partial charge is 0.469 e. The predicted octanol–water partition coefficient (Wildman–Crippen LogP) is 2.49. The molecule has 32 heavy (non-hydrogen) atoms. The van der Waals surface area contributed by atoms with Gasteiger partial charge < -0.3 is 19.3 Å². The van der Waals surface area contributed by atoms with E-state index in [9.17, 15) is 18.9 Å². The van der Waals surface area contributed by atoms with Gasteiger partial charge in [0, 0.05) is 23.3 Å². The second-order valence-corrected chi connectivity index (χ2v) is 11.3. The first kappa shape index (κ1) is 26.4. The van der Waals surface area contributed by atoms with Gasteiger partial charge in [-0.05, 0) is 6.92 Å². The first-order chi connectivity index (χ1) is 15.0. The third-order valence-corrected chi connectivity index (χ3v) is 8.07. The Morgan fingerprint density at radius 2 is 2.12 bits per heavy atom. The zero-order chi connectivity index (χ0) is 23.9. The van der Waals surface area contributed by atoms with E-state index in [-0.39, 0.29) is 32.3 Å². The van der Waals surface area contributed by atoms with Gasteiger partial charge in [0.1, 0.15) is 0 Å². The van der Waals surface area contributed by atoms with Crippen LogP contribution >= 0.6 is 18.9 Å². The maximum atomic E-state index is 13.2. The van der Waals surface area contributed by atoms with Crippen LogP contribution in [-0.2, 0) is 43.9 Å². The van der Waals surface area contributed by atoms with Crippen LogP contribution in [0.1, 0.15) is 37.8 Å². The molecule has 1 aliphatic heterocycles. The van der Waals surface area contributed by atoms with Gasteiger partial charge in [0.15, 0.2) is 6.10 Å². The van der Waals surface area contributed by atoms with E-state index in [2.05, 4.69) is 15.0 Å². The lowest BCUT2D eigenvalue weighted by Crippen LogP contribution is -2.50. The van der Waals surface area contributed by atoms with Crippen LogP contribution in [0.3, 0.4) is 0 Å². The van der Waals surface area contributed by atoms with Crippen molar-refractivity contribution >= 4 is 36.8 Å². The molecule has 1 fully saturated rings. The molecule has 180 valence electrons. The number of nitrogens with one attached hydrogen (secondary N) is 1. The van der Waals surface area contributed by atoms with Crippen LogP contribution in [0.4, 0.5) is 0 Å². The smallest absolute Gasteiger partial charge is 0.332 e. The lowest BCUT2D eigenvalue weighted by Gasteiger charge is -2.40. The lowest BCUT2D eigenvalue weighted by molar-refractivity contribution is -0.147. The van der Waals surface area contributed by atoms with E-state index >= 15 is 0 Å². The van der Waals surface area contributed by atoms with Crippen LogP contribution in [-0.4, -0.2) is 62.0 Å². The van der Waals surface area contributed by atoms with Crippen LogP contribution < -0.4 is 5.32 Å². The number of hydrogen-bond donors (Lipinski definition) is 1. The first-order valence-corrected chi connectivity index (χ1v) is 12.9. The van der Waals surface area contributed by atoms with Crippen molar-refractivity contribution in [2.75, 3.05) is 33.0 Å². The minimum Gasteiger partial charge on any atom is -0.469 e. The molecular formula is C20H31N2O8PS. The zero-order valence-electron chi connectivity index (χ0n) is 19.0. The Hall–Kier alpha value is -1.81. The highest BCUT2D eigenvalue weighted by atomic mass is 32.1. The summed E-state index contributed by atoms with van der Waals surface area (Å²) in [7, 11) is -2.46. The Labute approximate surface area is 191 Å². The normalized spacial score (nSPS) is 23.2. The monoisotopic (exact) mass is 490 g/mol. The Balaban J connectivity index is 1.90. The average molecular weight is 491 g/mol. The summed E-state index contributed by atoms with van der Waals surface area (Å²) in [6.45, 7) is 7.25. The third-order valence-electron chi connectivity index (χ3n) is 5.02. The zero-order valence-corrected chi connectivity index (χ0v) is 20.8. The molecule has 0 saturated carbocycles. The molecule has 12 heteroatoms. The van der Waals surface area contributed by atoms with Gasteiger partial charge in [0.2, 0.25) is 5.91 Å². The number of carbonyl (C=O) groups is 3. The highest BCUT2D eigenvalue weighted by molar-refractivity contribution is 7.54. The van der Waals surface area contributed by atoms with Crippen molar-refractivity contribution in [3.8, 4) is 0 Å². The number of amides is 1. The molecule has 1 N–H and O–H groups in total. The number of hydrogen-bond acceptors (Lipinski definition) is 10. The highest BCUT2D eigenvalue weighted by Crippen LogP contribution is 2.57. The standard InChI is InChI=1S/C20H31N2O8PS/c1-13(19(25)28-9-7-15-14(2)22-12-32-15)10-31(26)29-11-20(3,4)17(30-31)18(24)21-8-6-16(23)27-5/h12-13,17H,6-11H2,1-5H3,(H,21,24)/t13-,17-,31?/m0/s1. The molecule has 0 bridgehead atoms. The van der Waals surface area contributed by atoms with Crippen LogP contribution in [0, 0.1) is 18.3 Å². The molecule has 10 nitrogen and oxygen atoms in total. The Bertz CT molecular complexity index is 872. The van der Waals surface area contributed by atoms with Crippen molar-refractivity contribution < 1.29 is 37.5 Å². The number of methoxy groups -OCH3 is 1. The van der Waals surface area contributed by atoms with Gasteiger partial charge in [-0.15, -0.1) is 11.3 Å². The second kappa shape index (κ2) is 11.4. The molecular weight excluding hydrogens is 459 g/mol. The number of rotatable bonds is 10. The Kier molecular flexibility index (Phi) is 9.39. The topological polar surface area (TPSA) is 130 Å². The fourth-order valence-electron chi connectivity index (χ4n) is 3.02. The van der Waals surface area contributed by atoms with Crippen molar-refractivity contribution in [2.24, 2.45) is 11.3 Å². The highest BCUT2D eigenvalue weighted by Gasteiger charge is 2.48. The number of aromatic nitrogens is 1. The van der Waals surface area contributed by atoms with Gasteiger partial charge in [0.25, 0.3) is 0 Å². The molecule has 2 rings (SSSR count).